The van der Waals surface area contributed by atoms with Gasteiger partial charge in [0, 0.05) is 38.1 Å². The SMILES string of the molecule is [B]c1c([B])c(O)c2c(-c3ccc4ccccc4c3)c3c(O)c(O)c(O)c(O)c3c(-c3ccc4c(c3)C(C)(C)c3ccccc3-4)c2c1O. The van der Waals surface area contributed by atoms with E-state index in [0.29, 0.717) is 11.1 Å². The zero-order valence-corrected chi connectivity index (χ0v) is 25.4. The first-order chi connectivity index (χ1) is 22.4. The summed E-state index contributed by atoms with van der Waals surface area (Å²) in [7, 11) is 12.5. The van der Waals surface area contributed by atoms with Gasteiger partial charge in [0.15, 0.2) is 11.5 Å². The van der Waals surface area contributed by atoms with Crippen LogP contribution in [0.3, 0.4) is 0 Å². The van der Waals surface area contributed by atoms with Gasteiger partial charge in [-0.25, -0.2) is 0 Å². The van der Waals surface area contributed by atoms with Crippen LogP contribution in [0.5, 0.6) is 34.5 Å². The van der Waals surface area contributed by atoms with E-state index in [1.807, 2.05) is 66.7 Å². The molecule has 0 fully saturated rings. The Morgan fingerprint density at radius 2 is 0.915 bits per heavy atom. The van der Waals surface area contributed by atoms with Crippen LogP contribution in [0.4, 0.5) is 0 Å². The fourth-order valence-corrected chi connectivity index (χ4v) is 7.46. The Morgan fingerprint density at radius 1 is 0.447 bits per heavy atom. The van der Waals surface area contributed by atoms with E-state index in [2.05, 4.69) is 26.0 Å². The summed E-state index contributed by atoms with van der Waals surface area (Å²) in [6.45, 7) is 4.21. The zero-order valence-electron chi connectivity index (χ0n) is 25.4. The molecule has 1 aliphatic rings. The van der Waals surface area contributed by atoms with Crippen molar-refractivity contribution >= 4 is 58.9 Å². The summed E-state index contributed by atoms with van der Waals surface area (Å²) in [5.74, 6) is -4.26. The second-order valence-corrected chi connectivity index (χ2v) is 12.7. The molecule has 0 heterocycles. The van der Waals surface area contributed by atoms with Gasteiger partial charge in [0.2, 0.25) is 11.5 Å². The van der Waals surface area contributed by atoms with Gasteiger partial charge in [-0.3, -0.25) is 0 Å². The van der Waals surface area contributed by atoms with Crippen molar-refractivity contribution in [2.24, 2.45) is 0 Å². The van der Waals surface area contributed by atoms with E-state index in [4.69, 9.17) is 15.7 Å². The van der Waals surface area contributed by atoms with E-state index in [1.165, 1.54) is 0 Å². The number of fused-ring (bicyclic) bond motifs is 6. The van der Waals surface area contributed by atoms with Gasteiger partial charge in [-0.05, 0) is 56.3 Å². The van der Waals surface area contributed by atoms with Crippen molar-refractivity contribution in [2.75, 3.05) is 0 Å². The highest BCUT2D eigenvalue weighted by atomic mass is 16.3. The molecule has 6 N–H and O–H groups in total. The van der Waals surface area contributed by atoms with E-state index < -0.39 is 39.9 Å². The summed E-state index contributed by atoms with van der Waals surface area (Å²) in [4.78, 5) is 0. The van der Waals surface area contributed by atoms with Gasteiger partial charge < -0.3 is 30.6 Å². The Hall–Kier alpha value is -5.75. The van der Waals surface area contributed by atoms with E-state index >= 15 is 0 Å². The molecule has 0 atom stereocenters. The number of rotatable bonds is 2. The van der Waals surface area contributed by atoms with Crippen LogP contribution in [-0.2, 0) is 5.41 Å². The molecule has 0 unspecified atom stereocenters. The minimum Gasteiger partial charge on any atom is -0.508 e. The largest absolute Gasteiger partial charge is 0.508 e. The third-order valence-corrected chi connectivity index (χ3v) is 9.83. The molecular weight excluding hydrogens is 586 g/mol. The lowest BCUT2D eigenvalue weighted by Gasteiger charge is -2.25. The first-order valence-corrected chi connectivity index (χ1v) is 15.0. The Morgan fingerprint density at radius 3 is 1.53 bits per heavy atom. The van der Waals surface area contributed by atoms with Gasteiger partial charge in [-0.15, -0.1) is 0 Å². The summed E-state index contributed by atoms with van der Waals surface area (Å²) < 4.78 is 0. The lowest BCUT2D eigenvalue weighted by atomic mass is 9.73. The second-order valence-electron chi connectivity index (χ2n) is 12.7. The molecule has 7 aromatic rings. The molecule has 0 bridgehead atoms. The molecule has 0 aromatic heterocycles. The average Bonchev–Trinajstić information content (AvgIpc) is 3.32. The minimum atomic E-state index is -0.944. The van der Waals surface area contributed by atoms with Gasteiger partial charge >= 0.3 is 0 Å². The zero-order chi connectivity index (χ0) is 33.1. The molecule has 1 aliphatic carbocycles. The van der Waals surface area contributed by atoms with E-state index in [0.717, 1.165) is 33.0 Å². The third-order valence-electron chi connectivity index (χ3n) is 9.83. The van der Waals surface area contributed by atoms with Crippen LogP contribution in [0.15, 0.2) is 84.9 Å². The Balaban J connectivity index is 1.61. The molecule has 0 aliphatic heterocycles. The van der Waals surface area contributed by atoms with Gasteiger partial charge in [0.1, 0.15) is 27.2 Å². The highest BCUT2D eigenvalue weighted by Gasteiger charge is 2.36. The number of aromatic hydroxyl groups is 6. The number of phenols is 6. The van der Waals surface area contributed by atoms with Crippen molar-refractivity contribution in [1.82, 2.24) is 0 Å². The standard InChI is InChI=1S/C39H26B2O6/c1-39(2)23-10-6-5-9-21(23)22-14-13-20(16-24(22)39)26-28-27(33(42)31(40)32(41)34(28)43)25(19-12-11-17-7-3-4-8-18(17)15-19)29-30(26)36(45)38(47)37(46)35(29)44/h3-16,42-47H,1-2H3. The monoisotopic (exact) mass is 612 g/mol. The fourth-order valence-electron chi connectivity index (χ4n) is 7.46. The molecule has 0 saturated heterocycles. The molecule has 8 rings (SSSR count). The first kappa shape index (κ1) is 28.7. The molecule has 6 nitrogen and oxygen atoms in total. The van der Waals surface area contributed by atoms with Crippen molar-refractivity contribution in [3.05, 3.63) is 96.1 Å². The predicted molar refractivity (Wildman–Crippen MR) is 188 cm³/mol. The van der Waals surface area contributed by atoms with Crippen molar-refractivity contribution in [1.29, 1.82) is 0 Å². The lowest BCUT2D eigenvalue weighted by Crippen LogP contribution is -2.26. The molecule has 0 spiro atoms. The van der Waals surface area contributed by atoms with Crippen LogP contribution >= 0.6 is 0 Å². The van der Waals surface area contributed by atoms with Crippen LogP contribution in [0.2, 0.25) is 0 Å². The number of phenolic OH excluding ortho intramolecular Hbond substituents is 6. The Bertz CT molecular complexity index is 2460. The number of benzene rings is 7. The molecule has 47 heavy (non-hydrogen) atoms. The van der Waals surface area contributed by atoms with Crippen LogP contribution in [0.1, 0.15) is 25.0 Å². The fraction of sp³-hybridized carbons (Fsp3) is 0.0769. The molecule has 224 valence electrons. The van der Waals surface area contributed by atoms with E-state index in [1.54, 1.807) is 6.07 Å². The Labute approximate surface area is 272 Å². The molecule has 7 aromatic carbocycles. The summed E-state index contributed by atoms with van der Waals surface area (Å²) in [6, 6.07) is 26.8. The topological polar surface area (TPSA) is 121 Å². The molecule has 8 heteroatoms. The molecule has 0 saturated carbocycles. The highest BCUT2D eigenvalue weighted by Crippen LogP contribution is 2.59. The molecular formula is C39H26B2O6. The minimum absolute atomic E-state index is 0.0369. The molecule has 4 radical (unpaired) electrons. The van der Waals surface area contributed by atoms with Gasteiger partial charge in [-0.1, -0.05) is 97.6 Å². The van der Waals surface area contributed by atoms with Crippen molar-refractivity contribution in [3.8, 4) is 67.9 Å². The maximum Gasteiger partial charge on any atom is 0.204 e. The predicted octanol–water partition coefficient (Wildman–Crippen LogP) is 6.61. The van der Waals surface area contributed by atoms with E-state index in [9.17, 15) is 30.6 Å². The third kappa shape index (κ3) is 3.69. The average molecular weight is 612 g/mol. The normalized spacial score (nSPS) is 13.3. The van der Waals surface area contributed by atoms with Gasteiger partial charge in [0.25, 0.3) is 0 Å². The maximum absolute atomic E-state index is 11.8. The van der Waals surface area contributed by atoms with Crippen molar-refractivity contribution in [3.63, 3.8) is 0 Å². The van der Waals surface area contributed by atoms with E-state index in [-0.39, 0.29) is 43.6 Å². The summed E-state index contributed by atoms with van der Waals surface area (Å²) >= 11 is 0. The smallest absolute Gasteiger partial charge is 0.204 e. The van der Waals surface area contributed by atoms with Crippen LogP contribution in [0, 0.1) is 0 Å². The maximum atomic E-state index is 11.8. The summed E-state index contributed by atoms with van der Waals surface area (Å²) in [5, 5.41) is 70.1. The van der Waals surface area contributed by atoms with Crippen LogP contribution in [-0.4, -0.2) is 46.3 Å². The van der Waals surface area contributed by atoms with Crippen molar-refractivity contribution < 1.29 is 30.6 Å². The number of hydrogen-bond acceptors (Lipinski definition) is 6. The van der Waals surface area contributed by atoms with Gasteiger partial charge in [-0.2, -0.15) is 0 Å². The summed E-state index contributed by atoms with van der Waals surface area (Å²) in [5.41, 5.74) is 4.50. The lowest BCUT2D eigenvalue weighted by molar-refractivity contribution is 0.351. The number of hydrogen-bond donors (Lipinski definition) is 6. The highest BCUT2D eigenvalue weighted by molar-refractivity contribution is 6.53. The van der Waals surface area contributed by atoms with Crippen molar-refractivity contribution in [2.45, 2.75) is 19.3 Å². The van der Waals surface area contributed by atoms with Gasteiger partial charge in [0.05, 0.1) is 0 Å². The first-order valence-electron chi connectivity index (χ1n) is 15.0. The summed E-state index contributed by atoms with van der Waals surface area (Å²) in [6.07, 6.45) is 0. The second kappa shape index (κ2) is 9.63. The molecule has 0 amide bonds. The van der Waals surface area contributed by atoms with Crippen LogP contribution in [0.25, 0.3) is 65.7 Å². The Kier molecular flexibility index (Phi) is 5.88. The quantitative estimate of drug-likeness (QED) is 0.0566. The van der Waals surface area contributed by atoms with Crippen LogP contribution < -0.4 is 10.9 Å².